The van der Waals surface area contributed by atoms with Gasteiger partial charge in [0.25, 0.3) is 5.91 Å². The van der Waals surface area contributed by atoms with Crippen molar-refractivity contribution in [1.82, 2.24) is 14.8 Å². The van der Waals surface area contributed by atoms with Crippen LogP contribution in [0.1, 0.15) is 42.7 Å². The van der Waals surface area contributed by atoms with Crippen molar-refractivity contribution in [3.8, 4) is 0 Å². The molecule has 0 unspecified atom stereocenters. The molecule has 0 spiro atoms. The van der Waals surface area contributed by atoms with Crippen LogP contribution in [0.25, 0.3) is 0 Å². The predicted molar refractivity (Wildman–Crippen MR) is 106 cm³/mol. The van der Waals surface area contributed by atoms with E-state index in [1.54, 1.807) is 6.20 Å². The summed E-state index contributed by atoms with van der Waals surface area (Å²) >= 11 is 0. The number of benzene rings is 1. The molecule has 3 rings (SSSR count). The third kappa shape index (κ3) is 4.41. The predicted octanol–water partition coefficient (Wildman–Crippen LogP) is 3.73. The van der Waals surface area contributed by atoms with Gasteiger partial charge < -0.3 is 15.1 Å². The Kier molecular flexibility index (Phi) is 5.89. The van der Waals surface area contributed by atoms with Gasteiger partial charge in [-0.1, -0.05) is 32.9 Å². The molecule has 138 valence electrons. The standard InChI is InChI=1S/C21H28N4O/c1-4-24-11-13-25(14-12-24)21(26)20-15-19(9-10-22-20)23-18-7-5-17(6-8-18)16(2)3/h5-10,15-16H,4,11-14H2,1-3H3,(H,22,23). The number of rotatable bonds is 5. The van der Waals surface area contributed by atoms with Gasteiger partial charge in [-0.05, 0) is 42.3 Å². The molecule has 5 heteroatoms. The van der Waals surface area contributed by atoms with E-state index in [0.29, 0.717) is 11.6 Å². The first-order valence-corrected chi connectivity index (χ1v) is 9.41. The maximum atomic E-state index is 12.7. The largest absolute Gasteiger partial charge is 0.355 e. The number of hydrogen-bond donors (Lipinski definition) is 1. The van der Waals surface area contributed by atoms with E-state index in [4.69, 9.17) is 0 Å². The number of likely N-dealkylation sites (N-methyl/N-ethyl adjacent to an activating group) is 1. The van der Waals surface area contributed by atoms with E-state index in [-0.39, 0.29) is 5.91 Å². The van der Waals surface area contributed by atoms with Crippen molar-refractivity contribution in [1.29, 1.82) is 0 Å². The molecule has 1 amide bonds. The number of carbonyl (C=O) groups excluding carboxylic acids is 1. The molecular weight excluding hydrogens is 324 g/mol. The lowest BCUT2D eigenvalue weighted by Gasteiger charge is -2.33. The zero-order valence-corrected chi connectivity index (χ0v) is 15.9. The van der Waals surface area contributed by atoms with Gasteiger partial charge in [-0.25, -0.2) is 0 Å². The van der Waals surface area contributed by atoms with E-state index >= 15 is 0 Å². The number of amides is 1. The van der Waals surface area contributed by atoms with Crippen LogP contribution in [0, 0.1) is 0 Å². The third-order valence-electron chi connectivity index (χ3n) is 4.95. The quantitative estimate of drug-likeness (QED) is 0.891. The van der Waals surface area contributed by atoms with Crippen molar-refractivity contribution in [3.05, 3.63) is 53.9 Å². The highest BCUT2D eigenvalue weighted by atomic mass is 16.2. The topological polar surface area (TPSA) is 48.5 Å². The minimum absolute atomic E-state index is 0.0135. The fourth-order valence-electron chi connectivity index (χ4n) is 3.17. The number of nitrogens with one attached hydrogen (secondary N) is 1. The highest BCUT2D eigenvalue weighted by Crippen LogP contribution is 2.21. The van der Waals surface area contributed by atoms with E-state index in [1.165, 1.54) is 5.56 Å². The first kappa shape index (κ1) is 18.4. The Morgan fingerprint density at radius 1 is 1.08 bits per heavy atom. The SMILES string of the molecule is CCN1CCN(C(=O)c2cc(Nc3ccc(C(C)C)cc3)ccn2)CC1. The molecule has 1 aliphatic heterocycles. The summed E-state index contributed by atoms with van der Waals surface area (Å²) in [4.78, 5) is 21.3. The highest BCUT2D eigenvalue weighted by Gasteiger charge is 2.22. The fourth-order valence-corrected chi connectivity index (χ4v) is 3.17. The molecule has 1 aliphatic rings. The summed E-state index contributed by atoms with van der Waals surface area (Å²) in [5.41, 5.74) is 3.70. The normalized spacial score (nSPS) is 15.3. The van der Waals surface area contributed by atoms with E-state index in [2.05, 4.69) is 60.2 Å². The monoisotopic (exact) mass is 352 g/mol. The summed E-state index contributed by atoms with van der Waals surface area (Å²) in [6.45, 7) is 11.0. The minimum Gasteiger partial charge on any atom is -0.355 e. The van der Waals surface area contributed by atoms with E-state index in [1.807, 2.05) is 17.0 Å². The smallest absolute Gasteiger partial charge is 0.272 e. The average Bonchev–Trinajstić information content (AvgIpc) is 2.68. The number of nitrogens with zero attached hydrogens (tertiary/aromatic N) is 3. The van der Waals surface area contributed by atoms with Crippen LogP contribution in [-0.4, -0.2) is 53.4 Å². The number of hydrogen-bond acceptors (Lipinski definition) is 4. The average molecular weight is 352 g/mol. The van der Waals surface area contributed by atoms with Crippen LogP contribution in [0.2, 0.25) is 0 Å². The summed E-state index contributed by atoms with van der Waals surface area (Å²) in [6.07, 6.45) is 1.69. The maximum absolute atomic E-state index is 12.7. The highest BCUT2D eigenvalue weighted by molar-refractivity contribution is 5.93. The second kappa shape index (κ2) is 8.32. The molecule has 1 aromatic carbocycles. The number of aromatic nitrogens is 1. The molecule has 1 saturated heterocycles. The molecule has 26 heavy (non-hydrogen) atoms. The van der Waals surface area contributed by atoms with Crippen molar-refractivity contribution < 1.29 is 4.79 Å². The Bertz CT molecular complexity index is 734. The third-order valence-corrected chi connectivity index (χ3v) is 4.95. The lowest BCUT2D eigenvalue weighted by molar-refractivity contribution is 0.0637. The molecule has 0 radical (unpaired) electrons. The summed E-state index contributed by atoms with van der Waals surface area (Å²) < 4.78 is 0. The molecule has 1 N–H and O–H groups in total. The minimum atomic E-state index is 0.0135. The van der Waals surface area contributed by atoms with Crippen molar-refractivity contribution in [2.45, 2.75) is 26.7 Å². The van der Waals surface area contributed by atoms with Gasteiger partial charge in [0.2, 0.25) is 0 Å². The van der Waals surface area contributed by atoms with Gasteiger partial charge in [0.15, 0.2) is 0 Å². The Morgan fingerprint density at radius 2 is 1.77 bits per heavy atom. The summed E-state index contributed by atoms with van der Waals surface area (Å²) in [6, 6.07) is 12.1. The van der Waals surface area contributed by atoms with Gasteiger partial charge in [-0.3, -0.25) is 9.78 Å². The second-order valence-corrected chi connectivity index (χ2v) is 7.06. The summed E-state index contributed by atoms with van der Waals surface area (Å²) in [7, 11) is 0. The zero-order valence-electron chi connectivity index (χ0n) is 15.9. The number of anilines is 2. The van der Waals surface area contributed by atoms with Crippen LogP contribution in [0.4, 0.5) is 11.4 Å². The zero-order chi connectivity index (χ0) is 18.5. The molecule has 0 atom stereocenters. The number of pyridine rings is 1. The van der Waals surface area contributed by atoms with Gasteiger partial charge in [-0.15, -0.1) is 0 Å². The van der Waals surface area contributed by atoms with Gasteiger partial charge in [-0.2, -0.15) is 0 Å². The first-order valence-electron chi connectivity index (χ1n) is 9.41. The first-order chi connectivity index (χ1) is 12.6. The number of piperazine rings is 1. The lowest BCUT2D eigenvalue weighted by Crippen LogP contribution is -2.48. The van der Waals surface area contributed by atoms with Crippen LogP contribution in [0.15, 0.2) is 42.6 Å². The Balaban J connectivity index is 1.67. The van der Waals surface area contributed by atoms with E-state index < -0.39 is 0 Å². The van der Waals surface area contributed by atoms with Crippen LogP contribution in [0.3, 0.4) is 0 Å². The van der Waals surface area contributed by atoms with E-state index in [0.717, 1.165) is 44.1 Å². The van der Waals surface area contributed by atoms with Crippen molar-refractivity contribution >= 4 is 17.3 Å². The molecule has 2 aromatic rings. The van der Waals surface area contributed by atoms with E-state index in [9.17, 15) is 4.79 Å². The molecule has 2 heterocycles. The summed E-state index contributed by atoms with van der Waals surface area (Å²) in [5, 5.41) is 3.37. The van der Waals surface area contributed by atoms with Gasteiger partial charge in [0, 0.05) is 43.8 Å². The molecule has 1 fully saturated rings. The van der Waals surface area contributed by atoms with Gasteiger partial charge >= 0.3 is 0 Å². The van der Waals surface area contributed by atoms with Crippen molar-refractivity contribution in [3.63, 3.8) is 0 Å². The van der Waals surface area contributed by atoms with Crippen LogP contribution in [-0.2, 0) is 0 Å². The number of carbonyl (C=O) groups is 1. The Labute approximate surface area is 156 Å². The molecule has 1 aromatic heterocycles. The van der Waals surface area contributed by atoms with Crippen molar-refractivity contribution in [2.24, 2.45) is 0 Å². The second-order valence-electron chi connectivity index (χ2n) is 7.06. The van der Waals surface area contributed by atoms with Crippen molar-refractivity contribution in [2.75, 3.05) is 38.0 Å². The van der Waals surface area contributed by atoms with Crippen LogP contribution >= 0.6 is 0 Å². The molecule has 0 aliphatic carbocycles. The van der Waals surface area contributed by atoms with Gasteiger partial charge in [0.1, 0.15) is 5.69 Å². The molecule has 0 saturated carbocycles. The Morgan fingerprint density at radius 3 is 2.38 bits per heavy atom. The summed E-state index contributed by atoms with van der Waals surface area (Å²) in [5.74, 6) is 0.530. The molecule has 5 nitrogen and oxygen atoms in total. The van der Waals surface area contributed by atoms with Crippen LogP contribution < -0.4 is 5.32 Å². The Hall–Kier alpha value is -2.40. The fraction of sp³-hybridized carbons (Fsp3) is 0.429. The molecular formula is C21H28N4O. The lowest BCUT2D eigenvalue weighted by atomic mass is 10.0. The molecule has 0 bridgehead atoms. The van der Waals surface area contributed by atoms with Gasteiger partial charge in [0.05, 0.1) is 0 Å². The maximum Gasteiger partial charge on any atom is 0.272 e. The van der Waals surface area contributed by atoms with Crippen LogP contribution in [0.5, 0.6) is 0 Å².